The van der Waals surface area contributed by atoms with Crippen molar-refractivity contribution in [2.45, 2.75) is 0 Å². The summed E-state index contributed by atoms with van der Waals surface area (Å²) in [6, 6.07) is 0. The van der Waals surface area contributed by atoms with Crippen molar-refractivity contribution < 1.29 is 23.9 Å². The number of hydrogen-bond acceptors (Lipinski definition) is 2. The molecular formula is CH9NaO5S. The fraction of sp³-hybridized carbons (Fsp3) is 1.00. The molecule has 7 heteroatoms. The molecule has 0 bridgehead atoms. The van der Waals surface area contributed by atoms with Gasteiger partial charge in [-0.15, -0.1) is 0 Å². The van der Waals surface area contributed by atoms with E-state index in [9.17, 15) is 4.21 Å². The molecule has 0 aliphatic heterocycles. The first-order chi connectivity index (χ1) is 2.27. The van der Waals surface area contributed by atoms with Crippen LogP contribution in [0.3, 0.4) is 0 Å². The van der Waals surface area contributed by atoms with Crippen molar-refractivity contribution in [1.82, 2.24) is 0 Å². The fourth-order valence-corrected chi connectivity index (χ4v) is 0. The van der Waals surface area contributed by atoms with Gasteiger partial charge in [-0.1, -0.05) is 0 Å². The quantitative estimate of drug-likeness (QED) is 0.334. The predicted molar refractivity (Wildman–Crippen MR) is 32.2 cm³/mol. The fourth-order valence-electron chi connectivity index (χ4n) is 0. The summed E-state index contributed by atoms with van der Waals surface area (Å²) in [7, 11) is 1.15. The molecule has 0 aromatic heterocycles. The summed E-state index contributed by atoms with van der Waals surface area (Å²) in [5.74, 6) is 0. The summed E-state index contributed by atoms with van der Waals surface area (Å²) in [6.07, 6.45) is 0. The summed E-state index contributed by atoms with van der Waals surface area (Å²) in [5.41, 5.74) is 0. The van der Waals surface area contributed by atoms with Gasteiger partial charge in [0.2, 0.25) is 0 Å². The zero-order chi connectivity index (χ0) is 4.28. The first-order valence-electron chi connectivity index (χ1n) is 0.924. The van der Waals surface area contributed by atoms with Crippen LogP contribution in [0.1, 0.15) is 0 Å². The topological polar surface area (TPSA) is 110 Å². The third kappa shape index (κ3) is 28.1. The van der Waals surface area contributed by atoms with Gasteiger partial charge in [0.05, 0.1) is 7.11 Å². The van der Waals surface area contributed by atoms with Crippen LogP contribution in [0.4, 0.5) is 0 Å². The molecule has 0 aromatic rings. The van der Waals surface area contributed by atoms with Crippen LogP contribution < -0.4 is 0 Å². The molecule has 0 saturated heterocycles. The van der Waals surface area contributed by atoms with Crippen molar-refractivity contribution >= 4 is 40.9 Å². The minimum absolute atomic E-state index is 0. The molecule has 0 radical (unpaired) electrons. The molecule has 5 nitrogen and oxygen atoms in total. The van der Waals surface area contributed by atoms with Gasteiger partial charge in [-0.25, -0.2) is 0 Å². The second kappa shape index (κ2) is 15.7. The van der Waals surface area contributed by atoms with E-state index in [2.05, 4.69) is 4.18 Å². The van der Waals surface area contributed by atoms with Crippen molar-refractivity contribution in [2.75, 3.05) is 7.11 Å². The average Bonchev–Trinajstić information content (AvgIpc) is 1.38. The van der Waals surface area contributed by atoms with Gasteiger partial charge in [0.25, 0.3) is 0 Å². The molecule has 1 unspecified atom stereocenters. The standard InChI is InChI=1S/CH4O3S.Na.2H2O.H/c1-4-5(2)3;;;;/h1H3,(H,2,3);;2*1H2;. The van der Waals surface area contributed by atoms with Crippen LogP contribution >= 0.6 is 0 Å². The van der Waals surface area contributed by atoms with Crippen molar-refractivity contribution in [3.63, 3.8) is 0 Å². The molecule has 1 atom stereocenters. The van der Waals surface area contributed by atoms with Crippen LogP contribution in [0, 0.1) is 0 Å². The van der Waals surface area contributed by atoms with Gasteiger partial charge in [0, 0.05) is 0 Å². The molecule has 0 aliphatic carbocycles. The number of hydrogen-bond donors (Lipinski definition) is 1. The predicted octanol–water partition coefficient (Wildman–Crippen LogP) is -2.53. The van der Waals surface area contributed by atoms with E-state index in [1.165, 1.54) is 0 Å². The Hall–Kier alpha value is 0.990. The number of rotatable bonds is 1. The maximum atomic E-state index is 9.26. The first-order valence-corrected chi connectivity index (χ1v) is 1.96. The van der Waals surface area contributed by atoms with Gasteiger partial charge in [-0.05, 0) is 0 Å². The molecule has 0 rings (SSSR count). The summed E-state index contributed by atoms with van der Waals surface area (Å²) in [5, 5.41) is 0. The molecular weight excluding hydrogens is 147 g/mol. The van der Waals surface area contributed by atoms with E-state index in [0.29, 0.717) is 0 Å². The Bertz CT molecular complexity index is 47.7. The Morgan fingerprint density at radius 1 is 1.50 bits per heavy atom. The van der Waals surface area contributed by atoms with E-state index in [1.807, 2.05) is 0 Å². The normalized spacial score (nSPS) is 9.25. The van der Waals surface area contributed by atoms with Crippen molar-refractivity contribution in [3.05, 3.63) is 0 Å². The SMILES string of the molecule is COS(=O)O.O.O.[NaH]. The molecule has 0 heterocycles. The van der Waals surface area contributed by atoms with E-state index in [4.69, 9.17) is 4.55 Å². The van der Waals surface area contributed by atoms with Crippen LogP contribution in [0.25, 0.3) is 0 Å². The van der Waals surface area contributed by atoms with Crippen molar-refractivity contribution in [2.24, 2.45) is 0 Å². The van der Waals surface area contributed by atoms with Gasteiger partial charge in [-0.2, -0.15) is 4.21 Å². The van der Waals surface area contributed by atoms with Gasteiger partial charge < -0.3 is 11.0 Å². The van der Waals surface area contributed by atoms with E-state index in [-0.39, 0.29) is 40.5 Å². The summed E-state index contributed by atoms with van der Waals surface area (Å²) < 4.78 is 20.6. The Labute approximate surface area is 71.8 Å². The molecule has 50 valence electrons. The molecule has 0 aromatic carbocycles. The minimum atomic E-state index is -2.07. The van der Waals surface area contributed by atoms with E-state index >= 15 is 0 Å². The van der Waals surface area contributed by atoms with Gasteiger partial charge in [-0.3, -0.25) is 8.74 Å². The van der Waals surface area contributed by atoms with Crippen LogP contribution in [0.15, 0.2) is 0 Å². The Morgan fingerprint density at radius 3 is 1.62 bits per heavy atom. The van der Waals surface area contributed by atoms with Crippen LogP contribution in [-0.2, 0) is 15.5 Å². The maximum absolute atomic E-state index is 9.26. The zero-order valence-corrected chi connectivity index (χ0v) is 4.49. The first kappa shape index (κ1) is 23.0. The molecule has 0 fully saturated rings. The molecule has 0 amide bonds. The zero-order valence-electron chi connectivity index (χ0n) is 3.67. The molecule has 0 saturated carbocycles. The Morgan fingerprint density at radius 2 is 1.62 bits per heavy atom. The summed E-state index contributed by atoms with van der Waals surface area (Å²) >= 11 is -2.07. The van der Waals surface area contributed by atoms with Gasteiger partial charge in [0.1, 0.15) is 0 Å². The molecule has 0 spiro atoms. The Kier molecular flexibility index (Phi) is 45.2. The molecule has 8 heavy (non-hydrogen) atoms. The third-order valence-electron chi connectivity index (χ3n) is 0.143. The molecule has 0 aliphatic rings. The Balaban J connectivity index is -0.0000000267. The second-order valence-electron chi connectivity index (χ2n) is 0.384. The van der Waals surface area contributed by atoms with E-state index in [0.717, 1.165) is 7.11 Å². The van der Waals surface area contributed by atoms with Crippen molar-refractivity contribution in [1.29, 1.82) is 0 Å². The van der Waals surface area contributed by atoms with Crippen molar-refractivity contribution in [3.8, 4) is 0 Å². The third-order valence-corrected chi connectivity index (χ3v) is 0.428. The molecule has 5 N–H and O–H groups in total. The monoisotopic (exact) mass is 156 g/mol. The van der Waals surface area contributed by atoms with Crippen LogP contribution in [-0.4, -0.2) is 56.4 Å². The van der Waals surface area contributed by atoms with Crippen LogP contribution in [0.2, 0.25) is 0 Å². The van der Waals surface area contributed by atoms with E-state index in [1.54, 1.807) is 0 Å². The van der Waals surface area contributed by atoms with Gasteiger partial charge in [0.15, 0.2) is 0 Å². The summed E-state index contributed by atoms with van der Waals surface area (Å²) in [4.78, 5) is 0. The average molecular weight is 156 g/mol. The second-order valence-corrected chi connectivity index (χ2v) is 1.15. The van der Waals surface area contributed by atoms with E-state index < -0.39 is 11.4 Å². The summed E-state index contributed by atoms with van der Waals surface area (Å²) in [6.45, 7) is 0. The van der Waals surface area contributed by atoms with Crippen LogP contribution in [0.5, 0.6) is 0 Å². The van der Waals surface area contributed by atoms with Gasteiger partial charge >= 0.3 is 40.9 Å².